The lowest BCUT2D eigenvalue weighted by atomic mass is 9.94. The van der Waals surface area contributed by atoms with Crippen molar-refractivity contribution in [2.24, 2.45) is 11.8 Å². The number of hydrogen-bond donors (Lipinski definition) is 2. The molecule has 0 saturated carbocycles. The number of carbonyl (C=O) groups excluding carboxylic acids is 4. The fourth-order valence-corrected chi connectivity index (χ4v) is 7.76. The highest BCUT2D eigenvalue weighted by molar-refractivity contribution is 6.05. The molecule has 2 aromatic heterocycles. The molecule has 2 amide bonds. The summed E-state index contributed by atoms with van der Waals surface area (Å²) in [5, 5.41) is 6.05. The van der Waals surface area contributed by atoms with Gasteiger partial charge in [-0.15, -0.1) is 0 Å². The minimum Gasteiger partial charge on any atom is -0.496 e. The molecule has 0 unspecified atom stereocenters. The molecule has 2 N–H and O–H groups in total. The van der Waals surface area contributed by atoms with Crippen LogP contribution in [-0.2, 0) is 32.2 Å². The minimum atomic E-state index is -0.376. The Hall–Kier alpha value is -5.86. The number of pyridine rings is 2. The standard InChI is InChI=1S/C44H52N6O8/c1-27-33(9-7-11-35(27)47-41(51)37-21-39(55-3)31(23-45-37)25-49-17-13-29(14-18-49)43(53)57-5)34-10-8-12-36(28(34)2)48-42(52)38-22-40(56-4)32(24-46-38)26-50-19-15-30(16-20-50)44(54)58-6/h7-12,21-24,29-30H,13-20,25-26H2,1-6H3,(H,47,51)(H,48,52). The fraction of sp³-hybridized carbons (Fsp3) is 0.409. The maximum absolute atomic E-state index is 13.5. The van der Waals surface area contributed by atoms with Gasteiger partial charge in [0.1, 0.15) is 22.9 Å². The first-order valence-corrected chi connectivity index (χ1v) is 19.5. The van der Waals surface area contributed by atoms with Gasteiger partial charge < -0.3 is 29.6 Å². The van der Waals surface area contributed by atoms with Gasteiger partial charge in [-0.05, 0) is 100 Å². The van der Waals surface area contributed by atoms with Gasteiger partial charge in [0.2, 0.25) is 0 Å². The molecule has 58 heavy (non-hydrogen) atoms. The molecule has 0 radical (unpaired) electrons. The van der Waals surface area contributed by atoms with Gasteiger partial charge in [0.05, 0.1) is 40.3 Å². The first kappa shape index (κ1) is 41.8. The highest BCUT2D eigenvalue weighted by atomic mass is 16.5. The average Bonchev–Trinajstić information content (AvgIpc) is 3.25. The van der Waals surface area contributed by atoms with Gasteiger partial charge in [-0.1, -0.05) is 24.3 Å². The van der Waals surface area contributed by atoms with Gasteiger partial charge >= 0.3 is 11.9 Å². The maximum atomic E-state index is 13.5. The number of nitrogens with one attached hydrogen (secondary N) is 2. The summed E-state index contributed by atoms with van der Waals surface area (Å²) in [6.07, 6.45) is 6.25. The van der Waals surface area contributed by atoms with Crippen molar-refractivity contribution in [1.29, 1.82) is 0 Å². The van der Waals surface area contributed by atoms with E-state index in [-0.39, 0.29) is 47.0 Å². The molecule has 0 spiro atoms. The van der Waals surface area contributed by atoms with E-state index in [1.54, 1.807) is 38.7 Å². The van der Waals surface area contributed by atoms with Crippen molar-refractivity contribution in [3.63, 3.8) is 0 Å². The third-order valence-corrected chi connectivity index (χ3v) is 11.3. The van der Waals surface area contributed by atoms with Crippen molar-refractivity contribution >= 4 is 35.1 Å². The molecular weight excluding hydrogens is 741 g/mol. The van der Waals surface area contributed by atoms with Crippen molar-refractivity contribution in [3.05, 3.63) is 94.6 Å². The van der Waals surface area contributed by atoms with Crippen molar-refractivity contribution in [2.75, 3.05) is 65.3 Å². The predicted octanol–water partition coefficient (Wildman–Crippen LogP) is 6.05. The molecule has 0 atom stereocenters. The minimum absolute atomic E-state index is 0.0806. The number of carbonyl (C=O) groups is 4. The van der Waals surface area contributed by atoms with Crippen LogP contribution in [0.4, 0.5) is 11.4 Å². The van der Waals surface area contributed by atoms with Crippen LogP contribution in [0.25, 0.3) is 11.1 Å². The zero-order valence-corrected chi connectivity index (χ0v) is 34.1. The van der Waals surface area contributed by atoms with E-state index in [0.717, 1.165) is 85.2 Å². The number of methoxy groups -OCH3 is 4. The van der Waals surface area contributed by atoms with Crippen LogP contribution in [0.5, 0.6) is 11.5 Å². The van der Waals surface area contributed by atoms with Crippen LogP contribution < -0.4 is 20.1 Å². The number of anilines is 2. The lowest BCUT2D eigenvalue weighted by Gasteiger charge is -2.30. The van der Waals surface area contributed by atoms with Crippen LogP contribution in [0, 0.1) is 25.7 Å². The Labute approximate surface area is 339 Å². The van der Waals surface area contributed by atoms with Crippen molar-refractivity contribution in [2.45, 2.75) is 52.6 Å². The van der Waals surface area contributed by atoms with Gasteiger partial charge in [0.25, 0.3) is 11.8 Å². The summed E-state index contributed by atoms with van der Waals surface area (Å²) in [7, 11) is 5.99. The first-order valence-electron chi connectivity index (χ1n) is 19.5. The van der Waals surface area contributed by atoms with E-state index < -0.39 is 0 Å². The number of nitrogens with zero attached hydrogens (tertiary/aromatic N) is 4. The Balaban J connectivity index is 1.11. The Morgan fingerprint density at radius 3 is 1.34 bits per heavy atom. The van der Waals surface area contributed by atoms with Crippen LogP contribution in [-0.4, -0.2) is 98.1 Å². The summed E-state index contributed by atoms with van der Waals surface area (Å²) >= 11 is 0. The Morgan fingerprint density at radius 1 is 0.621 bits per heavy atom. The third kappa shape index (κ3) is 9.63. The third-order valence-electron chi connectivity index (χ3n) is 11.3. The Morgan fingerprint density at radius 2 is 1.00 bits per heavy atom. The molecule has 14 nitrogen and oxygen atoms in total. The van der Waals surface area contributed by atoms with E-state index in [1.807, 2.05) is 50.2 Å². The van der Waals surface area contributed by atoms with Gasteiger partial charge in [-0.3, -0.25) is 38.9 Å². The molecule has 2 saturated heterocycles. The molecule has 2 aliphatic rings. The second-order valence-electron chi connectivity index (χ2n) is 14.8. The molecule has 2 fully saturated rings. The molecule has 0 aliphatic carbocycles. The number of aromatic nitrogens is 2. The van der Waals surface area contributed by atoms with Gasteiger partial charge in [0.15, 0.2) is 0 Å². The van der Waals surface area contributed by atoms with E-state index in [0.29, 0.717) is 36.0 Å². The smallest absolute Gasteiger partial charge is 0.308 e. The number of amides is 2. The molecular formula is C44H52N6O8. The topological polar surface area (TPSA) is 162 Å². The number of rotatable bonds is 13. The van der Waals surface area contributed by atoms with E-state index >= 15 is 0 Å². The van der Waals surface area contributed by atoms with E-state index in [4.69, 9.17) is 18.9 Å². The number of piperidine rings is 2. The quantitative estimate of drug-likeness (QED) is 0.151. The molecule has 2 aromatic carbocycles. The number of benzene rings is 2. The lowest BCUT2D eigenvalue weighted by Crippen LogP contribution is -2.36. The monoisotopic (exact) mass is 792 g/mol. The highest BCUT2D eigenvalue weighted by Gasteiger charge is 2.28. The number of hydrogen-bond acceptors (Lipinski definition) is 12. The van der Waals surface area contributed by atoms with Crippen molar-refractivity contribution in [1.82, 2.24) is 19.8 Å². The summed E-state index contributed by atoms with van der Waals surface area (Å²) in [5.41, 5.74) is 6.87. The predicted molar refractivity (Wildman–Crippen MR) is 219 cm³/mol. The van der Waals surface area contributed by atoms with Gasteiger partial charge in [0, 0.05) is 60.1 Å². The first-order chi connectivity index (χ1) is 28.0. The summed E-state index contributed by atoms with van der Waals surface area (Å²) in [5.74, 6) is -0.113. The second kappa shape index (κ2) is 19.1. The zero-order valence-electron chi connectivity index (χ0n) is 34.1. The normalized spacial score (nSPS) is 15.3. The lowest BCUT2D eigenvalue weighted by molar-refractivity contribution is -0.147. The van der Waals surface area contributed by atoms with Crippen LogP contribution in [0.15, 0.2) is 60.9 Å². The molecule has 6 rings (SSSR count). The van der Waals surface area contributed by atoms with Crippen LogP contribution in [0.2, 0.25) is 0 Å². The van der Waals surface area contributed by atoms with Crippen LogP contribution in [0.1, 0.15) is 68.9 Å². The van der Waals surface area contributed by atoms with Gasteiger partial charge in [-0.2, -0.15) is 0 Å². The van der Waals surface area contributed by atoms with Crippen molar-refractivity contribution in [3.8, 4) is 22.6 Å². The molecule has 0 bridgehead atoms. The Kier molecular flexibility index (Phi) is 13.7. The average molecular weight is 793 g/mol. The molecule has 4 heterocycles. The molecule has 4 aromatic rings. The maximum Gasteiger partial charge on any atom is 0.308 e. The largest absolute Gasteiger partial charge is 0.496 e. The van der Waals surface area contributed by atoms with E-state index in [9.17, 15) is 19.2 Å². The highest BCUT2D eigenvalue weighted by Crippen LogP contribution is 2.35. The number of ether oxygens (including phenoxy) is 4. The Bertz CT molecular complexity index is 1990. The zero-order chi connectivity index (χ0) is 41.3. The van der Waals surface area contributed by atoms with Crippen LogP contribution >= 0.6 is 0 Å². The van der Waals surface area contributed by atoms with Crippen molar-refractivity contribution < 1.29 is 38.1 Å². The SMILES string of the molecule is COC(=O)C1CCN(Cc2cnc(C(=O)Nc3cccc(-c4cccc(NC(=O)c5cc(OC)c(CN6CCC(C(=O)OC)CC6)cn5)c4C)c3C)cc2OC)CC1. The summed E-state index contributed by atoms with van der Waals surface area (Å²) in [6.45, 7) is 8.05. The summed E-state index contributed by atoms with van der Waals surface area (Å²) in [6, 6.07) is 14.7. The molecule has 2 aliphatic heterocycles. The van der Waals surface area contributed by atoms with E-state index in [1.165, 1.54) is 14.2 Å². The second-order valence-corrected chi connectivity index (χ2v) is 14.8. The van der Waals surface area contributed by atoms with Crippen LogP contribution in [0.3, 0.4) is 0 Å². The fourth-order valence-electron chi connectivity index (χ4n) is 7.76. The van der Waals surface area contributed by atoms with Gasteiger partial charge in [-0.25, -0.2) is 0 Å². The summed E-state index contributed by atoms with van der Waals surface area (Å²) < 4.78 is 21.2. The summed E-state index contributed by atoms with van der Waals surface area (Å²) in [4.78, 5) is 64.4. The molecule has 306 valence electrons. The number of likely N-dealkylation sites (tertiary alicyclic amines) is 2. The number of esters is 2. The molecule has 14 heteroatoms. The van der Waals surface area contributed by atoms with E-state index in [2.05, 4.69) is 30.4 Å².